The van der Waals surface area contributed by atoms with Gasteiger partial charge in [-0.25, -0.2) is 8.42 Å². The van der Waals surface area contributed by atoms with E-state index in [2.05, 4.69) is 15.4 Å². The third-order valence-corrected chi connectivity index (χ3v) is 5.13. The topological polar surface area (TPSA) is 96.5 Å². The van der Waals surface area contributed by atoms with Crippen LogP contribution in [0.2, 0.25) is 0 Å². The number of anilines is 1. The van der Waals surface area contributed by atoms with Crippen LogP contribution < -0.4 is 15.4 Å². The van der Waals surface area contributed by atoms with Crippen LogP contribution in [-0.2, 0) is 14.8 Å². The fraction of sp³-hybridized carbons (Fsp3) is 0.316. The fourth-order valence-electron chi connectivity index (χ4n) is 2.39. The van der Waals surface area contributed by atoms with E-state index in [1.165, 1.54) is 12.1 Å². The summed E-state index contributed by atoms with van der Waals surface area (Å²) in [5.41, 5.74) is 1.72. The maximum atomic E-state index is 12.6. The van der Waals surface area contributed by atoms with Crippen LogP contribution in [0.4, 0.5) is 5.69 Å². The molecule has 8 heteroatoms. The van der Waals surface area contributed by atoms with Crippen LogP contribution in [0.15, 0.2) is 53.4 Å². The fourth-order valence-corrected chi connectivity index (χ4v) is 3.49. The summed E-state index contributed by atoms with van der Waals surface area (Å²) in [6.07, 6.45) is 0. The minimum absolute atomic E-state index is 0.0369. The molecule has 146 valence electrons. The molecule has 0 radical (unpaired) electrons. The zero-order chi connectivity index (χ0) is 19.7. The highest BCUT2D eigenvalue weighted by Crippen LogP contribution is 2.18. The standard InChI is InChI=1S/C19H25N3O4S/c1-15-5-3-7-17(13-15)22-27(24,25)18-8-4-6-16(14-18)19(23)21-10-9-20-11-12-26-2/h3-8,13-14,20,22H,9-12H2,1-2H3,(H,21,23). The molecule has 0 unspecified atom stereocenters. The lowest BCUT2D eigenvalue weighted by molar-refractivity contribution is 0.0953. The van der Waals surface area contributed by atoms with Crippen LogP contribution in [0.25, 0.3) is 0 Å². The first-order chi connectivity index (χ1) is 12.9. The Morgan fingerprint density at radius 2 is 1.81 bits per heavy atom. The Morgan fingerprint density at radius 1 is 1.04 bits per heavy atom. The van der Waals surface area contributed by atoms with Gasteiger partial charge in [0.05, 0.1) is 11.5 Å². The quantitative estimate of drug-likeness (QED) is 0.536. The molecule has 0 saturated carbocycles. The SMILES string of the molecule is COCCNCCNC(=O)c1cccc(S(=O)(=O)Nc2cccc(C)c2)c1. The zero-order valence-corrected chi connectivity index (χ0v) is 16.3. The van der Waals surface area contributed by atoms with Gasteiger partial charge in [-0.05, 0) is 42.8 Å². The highest BCUT2D eigenvalue weighted by atomic mass is 32.2. The van der Waals surface area contributed by atoms with Gasteiger partial charge in [0.25, 0.3) is 15.9 Å². The van der Waals surface area contributed by atoms with Crippen molar-refractivity contribution in [3.63, 3.8) is 0 Å². The summed E-state index contributed by atoms with van der Waals surface area (Å²) in [5, 5.41) is 5.87. The van der Waals surface area contributed by atoms with Gasteiger partial charge in [0.2, 0.25) is 0 Å². The number of hydrogen-bond donors (Lipinski definition) is 3. The van der Waals surface area contributed by atoms with Crippen LogP contribution in [0, 0.1) is 6.92 Å². The van der Waals surface area contributed by atoms with Crippen molar-refractivity contribution < 1.29 is 17.9 Å². The lowest BCUT2D eigenvalue weighted by Crippen LogP contribution is -2.33. The summed E-state index contributed by atoms with van der Waals surface area (Å²) in [7, 11) is -2.15. The number of methoxy groups -OCH3 is 1. The van der Waals surface area contributed by atoms with Gasteiger partial charge in [-0.3, -0.25) is 9.52 Å². The molecule has 0 aromatic heterocycles. The first-order valence-corrected chi connectivity index (χ1v) is 10.1. The van der Waals surface area contributed by atoms with Crippen molar-refractivity contribution in [2.75, 3.05) is 38.1 Å². The molecule has 0 aliphatic heterocycles. The minimum atomic E-state index is -3.78. The van der Waals surface area contributed by atoms with E-state index in [9.17, 15) is 13.2 Å². The first-order valence-electron chi connectivity index (χ1n) is 8.60. The van der Waals surface area contributed by atoms with Crippen LogP contribution in [0.1, 0.15) is 15.9 Å². The summed E-state index contributed by atoms with van der Waals surface area (Å²) in [6, 6.07) is 13.0. The number of hydrogen-bond acceptors (Lipinski definition) is 5. The third-order valence-electron chi connectivity index (χ3n) is 3.75. The van der Waals surface area contributed by atoms with Gasteiger partial charge in [0.1, 0.15) is 0 Å². The molecule has 0 saturated heterocycles. The second-order valence-corrected chi connectivity index (χ2v) is 7.68. The van der Waals surface area contributed by atoms with Crippen LogP contribution in [-0.4, -0.2) is 47.7 Å². The van der Waals surface area contributed by atoms with E-state index in [0.29, 0.717) is 37.5 Å². The van der Waals surface area contributed by atoms with Crippen molar-refractivity contribution in [1.29, 1.82) is 0 Å². The van der Waals surface area contributed by atoms with E-state index in [-0.39, 0.29) is 10.8 Å². The molecule has 0 aliphatic carbocycles. The maximum Gasteiger partial charge on any atom is 0.261 e. The van der Waals surface area contributed by atoms with E-state index in [0.717, 1.165) is 5.56 Å². The lowest BCUT2D eigenvalue weighted by Gasteiger charge is -2.10. The molecule has 0 spiro atoms. The number of carbonyl (C=O) groups is 1. The third kappa shape index (κ3) is 6.67. The summed E-state index contributed by atoms with van der Waals surface area (Å²) >= 11 is 0. The molecule has 0 heterocycles. The molecule has 2 aromatic carbocycles. The summed E-state index contributed by atoms with van der Waals surface area (Å²) in [6.45, 7) is 4.21. The second kappa shape index (κ2) is 10.1. The average Bonchev–Trinajstić information content (AvgIpc) is 2.64. The molecule has 2 aromatic rings. The van der Waals surface area contributed by atoms with Gasteiger partial charge in [-0.2, -0.15) is 0 Å². The number of nitrogens with one attached hydrogen (secondary N) is 3. The van der Waals surface area contributed by atoms with Crippen molar-refractivity contribution >= 4 is 21.6 Å². The Balaban J connectivity index is 2.00. The molecule has 2 rings (SSSR count). The smallest absolute Gasteiger partial charge is 0.261 e. The Hall–Kier alpha value is -2.42. The molecular formula is C19H25N3O4S. The van der Waals surface area contributed by atoms with E-state index >= 15 is 0 Å². The Labute approximate surface area is 160 Å². The molecular weight excluding hydrogens is 366 g/mol. The van der Waals surface area contributed by atoms with Crippen LogP contribution >= 0.6 is 0 Å². The number of amides is 1. The van der Waals surface area contributed by atoms with E-state index in [1.807, 2.05) is 13.0 Å². The predicted molar refractivity (Wildman–Crippen MR) is 106 cm³/mol. The minimum Gasteiger partial charge on any atom is -0.383 e. The predicted octanol–water partition coefficient (Wildman–Crippen LogP) is 1.76. The molecule has 0 aliphatic rings. The first kappa shape index (κ1) is 20.9. The van der Waals surface area contributed by atoms with E-state index in [1.54, 1.807) is 37.4 Å². The summed E-state index contributed by atoms with van der Waals surface area (Å²) in [5.74, 6) is -0.323. The van der Waals surface area contributed by atoms with Gasteiger partial charge in [0, 0.05) is 38.0 Å². The van der Waals surface area contributed by atoms with Crippen molar-refractivity contribution in [2.24, 2.45) is 0 Å². The number of carbonyl (C=O) groups excluding carboxylic acids is 1. The molecule has 7 nitrogen and oxygen atoms in total. The number of benzene rings is 2. The number of ether oxygens (including phenoxy) is 1. The Kier molecular flexibility index (Phi) is 7.78. The van der Waals surface area contributed by atoms with Crippen molar-refractivity contribution in [1.82, 2.24) is 10.6 Å². The second-order valence-electron chi connectivity index (χ2n) is 6.00. The van der Waals surface area contributed by atoms with Gasteiger partial charge in [-0.15, -0.1) is 0 Å². The van der Waals surface area contributed by atoms with Crippen molar-refractivity contribution in [3.05, 3.63) is 59.7 Å². The monoisotopic (exact) mass is 391 g/mol. The molecule has 0 bridgehead atoms. The molecule has 3 N–H and O–H groups in total. The number of rotatable bonds is 10. The Morgan fingerprint density at radius 3 is 2.56 bits per heavy atom. The lowest BCUT2D eigenvalue weighted by atomic mass is 10.2. The van der Waals surface area contributed by atoms with E-state index in [4.69, 9.17) is 4.74 Å². The zero-order valence-electron chi connectivity index (χ0n) is 15.5. The van der Waals surface area contributed by atoms with Crippen LogP contribution in [0.3, 0.4) is 0 Å². The summed E-state index contributed by atoms with van der Waals surface area (Å²) in [4.78, 5) is 12.3. The summed E-state index contributed by atoms with van der Waals surface area (Å²) < 4.78 is 32.6. The normalized spacial score (nSPS) is 11.2. The number of sulfonamides is 1. The van der Waals surface area contributed by atoms with Crippen molar-refractivity contribution in [2.45, 2.75) is 11.8 Å². The maximum absolute atomic E-state index is 12.6. The molecule has 0 atom stereocenters. The van der Waals surface area contributed by atoms with Gasteiger partial charge in [0.15, 0.2) is 0 Å². The highest BCUT2D eigenvalue weighted by molar-refractivity contribution is 7.92. The van der Waals surface area contributed by atoms with Crippen molar-refractivity contribution in [3.8, 4) is 0 Å². The molecule has 0 fully saturated rings. The number of aryl methyl sites for hydroxylation is 1. The molecule has 1 amide bonds. The van der Waals surface area contributed by atoms with Gasteiger partial charge < -0.3 is 15.4 Å². The highest BCUT2D eigenvalue weighted by Gasteiger charge is 2.16. The van der Waals surface area contributed by atoms with Gasteiger partial charge in [-0.1, -0.05) is 18.2 Å². The largest absolute Gasteiger partial charge is 0.383 e. The van der Waals surface area contributed by atoms with Gasteiger partial charge >= 0.3 is 0 Å². The average molecular weight is 391 g/mol. The van der Waals surface area contributed by atoms with E-state index < -0.39 is 10.0 Å². The Bertz CT molecular complexity index is 869. The molecule has 27 heavy (non-hydrogen) atoms. The van der Waals surface area contributed by atoms with Crippen LogP contribution in [0.5, 0.6) is 0 Å².